The summed E-state index contributed by atoms with van der Waals surface area (Å²) in [7, 11) is 0. The lowest BCUT2D eigenvalue weighted by molar-refractivity contribution is -0.192. The maximum Gasteiger partial charge on any atom is 0.490 e. The van der Waals surface area contributed by atoms with Gasteiger partial charge < -0.3 is 20.3 Å². The van der Waals surface area contributed by atoms with Crippen molar-refractivity contribution in [2.45, 2.75) is 64.6 Å². The summed E-state index contributed by atoms with van der Waals surface area (Å²) in [6, 6.07) is 7.99. The van der Waals surface area contributed by atoms with Crippen LogP contribution in [0.25, 0.3) is 0 Å². The van der Waals surface area contributed by atoms with Gasteiger partial charge in [-0.2, -0.15) is 13.2 Å². The van der Waals surface area contributed by atoms with Gasteiger partial charge in [0, 0.05) is 13.1 Å². The number of rotatable bonds is 13. The fourth-order valence-corrected chi connectivity index (χ4v) is 2.20. The smallest absolute Gasteiger partial charge is 0.490 e. The van der Waals surface area contributed by atoms with Gasteiger partial charge in [0.05, 0.1) is 13.0 Å². The zero-order valence-electron chi connectivity index (χ0n) is 16.6. The third-order valence-corrected chi connectivity index (χ3v) is 3.78. The number of hydrogen-bond donors (Lipinski definition) is 3. The Morgan fingerprint density at radius 3 is 2.07 bits per heavy atom. The zero-order chi connectivity index (χ0) is 22.1. The van der Waals surface area contributed by atoms with Crippen molar-refractivity contribution in [3.8, 4) is 5.75 Å². The molecule has 1 aromatic rings. The molecule has 1 rings (SSSR count). The van der Waals surface area contributed by atoms with E-state index in [0.717, 1.165) is 24.3 Å². The molecule has 0 bridgehead atoms. The lowest BCUT2D eigenvalue weighted by Crippen LogP contribution is -2.21. The van der Waals surface area contributed by atoms with Crippen molar-refractivity contribution in [3.05, 3.63) is 29.8 Å². The molecule has 6 nitrogen and oxygen atoms in total. The number of hydrogen-bond acceptors (Lipinski definition) is 4. The molecular formula is C20H30F3NO5. The zero-order valence-corrected chi connectivity index (χ0v) is 16.6. The highest BCUT2D eigenvalue weighted by atomic mass is 19.4. The molecule has 0 spiro atoms. The summed E-state index contributed by atoms with van der Waals surface area (Å²) in [5.41, 5.74) is 1.14. The molecule has 0 aromatic heterocycles. The lowest BCUT2D eigenvalue weighted by Gasteiger charge is -2.08. The standard InChI is InChI=1S/C18H29NO3.C2HF3O2/c1-2-3-4-5-6-7-14-22-17-10-8-16(9-11-17)15-19-13-12-18(20)21;3-2(4,5)1(6)7/h8-11,19H,2-7,12-15H2,1H3,(H,20,21);(H,6,7). The van der Waals surface area contributed by atoms with Crippen molar-refractivity contribution in [1.82, 2.24) is 5.32 Å². The minimum atomic E-state index is -5.08. The van der Waals surface area contributed by atoms with Crippen LogP contribution in [0, 0.1) is 0 Å². The van der Waals surface area contributed by atoms with Crippen molar-refractivity contribution >= 4 is 11.9 Å². The molecule has 0 aliphatic carbocycles. The SMILES string of the molecule is CCCCCCCCOc1ccc(CNCCC(=O)O)cc1.O=C(O)C(F)(F)F. The summed E-state index contributed by atoms with van der Waals surface area (Å²) in [5, 5.41) is 18.8. The summed E-state index contributed by atoms with van der Waals surface area (Å²) in [6.45, 7) is 4.19. The second kappa shape index (κ2) is 15.6. The van der Waals surface area contributed by atoms with Crippen LogP contribution in [0.1, 0.15) is 57.4 Å². The number of carbonyl (C=O) groups is 2. The topological polar surface area (TPSA) is 95.9 Å². The largest absolute Gasteiger partial charge is 0.494 e. The van der Waals surface area contributed by atoms with Gasteiger partial charge in [-0.1, -0.05) is 51.2 Å². The number of halogens is 3. The molecule has 0 heterocycles. The number of unbranched alkanes of at least 4 members (excludes halogenated alkanes) is 5. The number of ether oxygens (including phenoxy) is 1. The number of nitrogens with one attached hydrogen (secondary N) is 1. The van der Waals surface area contributed by atoms with Gasteiger partial charge >= 0.3 is 18.1 Å². The lowest BCUT2D eigenvalue weighted by atomic mass is 10.1. The molecule has 0 aliphatic rings. The van der Waals surface area contributed by atoms with Gasteiger partial charge in [0.1, 0.15) is 5.75 Å². The Bertz CT molecular complexity index is 576. The van der Waals surface area contributed by atoms with E-state index in [9.17, 15) is 18.0 Å². The van der Waals surface area contributed by atoms with Gasteiger partial charge in [0.15, 0.2) is 0 Å². The Morgan fingerprint density at radius 2 is 1.55 bits per heavy atom. The highest BCUT2D eigenvalue weighted by molar-refractivity contribution is 5.73. The second-order valence-corrected chi connectivity index (χ2v) is 6.38. The Morgan fingerprint density at radius 1 is 1.00 bits per heavy atom. The van der Waals surface area contributed by atoms with Crippen molar-refractivity contribution in [2.24, 2.45) is 0 Å². The van der Waals surface area contributed by atoms with Crippen molar-refractivity contribution in [2.75, 3.05) is 13.2 Å². The Hall–Kier alpha value is -2.29. The van der Waals surface area contributed by atoms with Gasteiger partial charge in [-0.05, 0) is 24.1 Å². The number of carboxylic acids is 2. The van der Waals surface area contributed by atoms with E-state index >= 15 is 0 Å². The van der Waals surface area contributed by atoms with E-state index in [-0.39, 0.29) is 6.42 Å². The van der Waals surface area contributed by atoms with E-state index < -0.39 is 18.1 Å². The predicted octanol–water partition coefficient (Wildman–Crippen LogP) is 4.62. The van der Waals surface area contributed by atoms with Crippen LogP contribution in [0.4, 0.5) is 13.2 Å². The molecule has 0 saturated carbocycles. The third-order valence-electron chi connectivity index (χ3n) is 3.78. The van der Waals surface area contributed by atoms with E-state index in [1.165, 1.54) is 32.1 Å². The fourth-order valence-electron chi connectivity index (χ4n) is 2.20. The van der Waals surface area contributed by atoms with Crippen molar-refractivity contribution < 1.29 is 37.7 Å². The molecule has 0 radical (unpaired) electrons. The summed E-state index contributed by atoms with van der Waals surface area (Å²) < 4.78 is 37.5. The first-order valence-corrected chi connectivity index (χ1v) is 9.61. The Labute approximate surface area is 169 Å². The van der Waals surface area contributed by atoms with Gasteiger partial charge in [-0.3, -0.25) is 4.79 Å². The van der Waals surface area contributed by atoms with E-state index in [1.54, 1.807) is 0 Å². The van der Waals surface area contributed by atoms with Crippen LogP contribution in [-0.4, -0.2) is 41.5 Å². The third kappa shape index (κ3) is 16.4. The second-order valence-electron chi connectivity index (χ2n) is 6.38. The summed E-state index contributed by atoms with van der Waals surface area (Å²) >= 11 is 0. The van der Waals surface area contributed by atoms with Gasteiger partial charge in [0.2, 0.25) is 0 Å². The van der Waals surface area contributed by atoms with Gasteiger partial charge in [-0.25, -0.2) is 4.79 Å². The normalized spacial score (nSPS) is 10.8. The van der Waals surface area contributed by atoms with Crippen LogP contribution in [0.15, 0.2) is 24.3 Å². The molecule has 0 fully saturated rings. The monoisotopic (exact) mass is 421 g/mol. The average Bonchev–Trinajstić information content (AvgIpc) is 2.65. The molecular weight excluding hydrogens is 391 g/mol. The first-order valence-electron chi connectivity index (χ1n) is 9.61. The highest BCUT2D eigenvalue weighted by Crippen LogP contribution is 2.14. The van der Waals surface area contributed by atoms with Crippen LogP contribution >= 0.6 is 0 Å². The van der Waals surface area contributed by atoms with Crippen LogP contribution in [0.5, 0.6) is 5.75 Å². The van der Waals surface area contributed by atoms with Crippen molar-refractivity contribution in [3.63, 3.8) is 0 Å². The van der Waals surface area contributed by atoms with E-state index in [1.807, 2.05) is 24.3 Å². The van der Waals surface area contributed by atoms with E-state index in [2.05, 4.69) is 12.2 Å². The first-order chi connectivity index (χ1) is 13.7. The molecule has 0 aliphatic heterocycles. The molecule has 29 heavy (non-hydrogen) atoms. The molecule has 1 aromatic carbocycles. The highest BCUT2D eigenvalue weighted by Gasteiger charge is 2.38. The number of aliphatic carboxylic acids is 2. The number of benzene rings is 1. The summed E-state index contributed by atoms with van der Waals surface area (Å²) in [5.74, 6) is -2.62. The Balaban J connectivity index is 0.000000956. The minimum absolute atomic E-state index is 0.152. The quantitative estimate of drug-likeness (QED) is 0.402. The van der Waals surface area contributed by atoms with Crippen LogP contribution in [-0.2, 0) is 16.1 Å². The maximum atomic E-state index is 10.6. The van der Waals surface area contributed by atoms with Crippen LogP contribution in [0.2, 0.25) is 0 Å². The summed E-state index contributed by atoms with van der Waals surface area (Å²) in [6.07, 6.45) is 2.68. The molecule has 3 N–H and O–H groups in total. The molecule has 0 amide bonds. The predicted molar refractivity (Wildman–Crippen MR) is 103 cm³/mol. The van der Waals surface area contributed by atoms with Crippen molar-refractivity contribution in [1.29, 1.82) is 0 Å². The molecule has 9 heteroatoms. The van der Waals surface area contributed by atoms with E-state index in [0.29, 0.717) is 13.1 Å². The average molecular weight is 421 g/mol. The fraction of sp³-hybridized carbons (Fsp3) is 0.600. The van der Waals surface area contributed by atoms with E-state index in [4.69, 9.17) is 19.7 Å². The molecule has 0 saturated heterocycles. The minimum Gasteiger partial charge on any atom is -0.494 e. The molecule has 0 atom stereocenters. The molecule has 166 valence electrons. The summed E-state index contributed by atoms with van der Waals surface area (Å²) in [4.78, 5) is 19.3. The Kier molecular flexibility index (Phi) is 14.4. The first kappa shape index (κ1) is 26.7. The van der Waals surface area contributed by atoms with Crippen LogP contribution < -0.4 is 10.1 Å². The molecule has 0 unspecified atom stereocenters. The number of alkyl halides is 3. The van der Waals surface area contributed by atoms with Gasteiger partial charge in [0.25, 0.3) is 0 Å². The number of carboxylic acid groups (broad SMARTS) is 2. The maximum absolute atomic E-state index is 10.6. The van der Waals surface area contributed by atoms with Gasteiger partial charge in [-0.15, -0.1) is 0 Å². The van der Waals surface area contributed by atoms with Crippen LogP contribution in [0.3, 0.4) is 0 Å².